The number of rotatable bonds is 6. The Labute approximate surface area is 151 Å². The molecule has 128 valence electrons. The highest BCUT2D eigenvalue weighted by molar-refractivity contribution is 6.32. The van der Waals surface area contributed by atoms with Gasteiger partial charge in [0.1, 0.15) is 17.8 Å². The first-order valence-electron chi connectivity index (χ1n) is 8.02. The molecular formula is C20H18ClNO3. The van der Waals surface area contributed by atoms with E-state index in [0.717, 1.165) is 22.8 Å². The number of aromatic nitrogens is 1. The first-order chi connectivity index (χ1) is 12.0. The average molecular weight is 356 g/mol. The fraction of sp³-hybridized carbons (Fsp3) is 0.200. The number of hydrogen-bond donors (Lipinski definition) is 0. The van der Waals surface area contributed by atoms with Crippen molar-refractivity contribution >= 4 is 28.8 Å². The quantitative estimate of drug-likeness (QED) is 0.569. The van der Waals surface area contributed by atoms with Gasteiger partial charge in [0.25, 0.3) is 0 Å². The molecule has 0 saturated carbocycles. The number of halogens is 1. The van der Waals surface area contributed by atoms with Crippen LogP contribution in [0.2, 0.25) is 5.02 Å². The number of carbonyl (C=O) groups excluding carboxylic acids is 1. The molecule has 25 heavy (non-hydrogen) atoms. The van der Waals surface area contributed by atoms with Crippen LogP contribution < -0.4 is 9.47 Å². The summed E-state index contributed by atoms with van der Waals surface area (Å²) in [6.07, 6.45) is 1.34. The molecule has 3 rings (SSSR count). The number of pyridine rings is 1. The van der Waals surface area contributed by atoms with Gasteiger partial charge in [-0.25, -0.2) is 4.98 Å². The van der Waals surface area contributed by atoms with Crippen molar-refractivity contribution in [2.45, 2.75) is 26.4 Å². The monoisotopic (exact) mass is 355 g/mol. The molecule has 0 unspecified atom stereocenters. The van der Waals surface area contributed by atoms with E-state index in [1.807, 2.05) is 38.1 Å². The Morgan fingerprint density at radius 2 is 1.96 bits per heavy atom. The molecule has 0 N–H and O–H groups in total. The fourth-order valence-electron chi connectivity index (χ4n) is 2.45. The molecule has 0 fully saturated rings. The fourth-order valence-corrected chi connectivity index (χ4v) is 2.67. The van der Waals surface area contributed by atoms with Gasteiger partial charge in [-0.2, -0.15) is 0 Å². The lowest BCUT2D eigenvalue weighted by atomic mass is 10.1. The highest BCUT2D eigenvalue weighted by atomic mass is 35.5. The normalized spacial score (nSPS) is 10.9. The maximum absolute atomic E-state index is 10.6. The molecule has 4 nitrogen and oxygen atoms in total. The van der Waals surface area contributed by atoms with E-state index >= 15 is 0 Å². The molecule has 3 aromatic rings. The predicted molar refractivity (Wildman–Crippen MR) is 98.8 cm³/mol. The van der Waals surface area contributed by atoms with Crippen LogP contribution in [0.4, 0.5) is 0 Å². The maximum atomic E-state index is 10.6. The van der Waals surface area contributed by atoms with E-state index in [9.17, 15) is 4.79 Å². The van der Waals surface area contributed by atoms with Crippen molar-refractivity contribution in [1.82, 2.24) is 4.98 Å². The molecule has 5 heteroatoms. The SMILES string of the molecule is CC(C)Oc1ccc(Oc2ccc3cc(CC=O)ccc3n2)cc1Cl. The lowest BCUT2D eigenvalue weighted by molar-refractivity contribution is -0.107. The van der Waals surface area contributed by atoms with Gasteiger partial charge < -0.3 is 14.3 Å². The number of hydrogen-bond acceptors (Lipinski definition) is 4. The summed E-state index contributed by atoms with van der Waals surface area (Å²) in [4.78, 5) is 15.1. The Balaban J connectivity index is 1.81. The number of fused-ring (bicyclic) bond motifs is 1. The van der Waals surface area contributed by atoms with Gasteiger partial charge in [-0.1, -0.05) is 17.7 Å². The predicted octanol–water partition coefficient (Wildman–Crippen LogP) is 5.21. The standard InChI is InChI=1S/C20H18ClNO3/c1-13(2)24-19-7-5-16(12-17(19)21)25-20-8-4-15-11-14(9-10-23)3-6-18(15)22-20/h3-8,10-13H,9H2,1-2H3. The Morgan fingerprint density at radius 1 is 1.12 bits per heavy atom. The number of nitrogens with zero attached hydrogens (tertiary/aromatic N) is 1. The van der Waals surface area contributed by atoms with Crippen LogP contribution >= 0.6 is 11.6 Å². The first-order valence-corrected chi connectivity index (χ1v) is 8.40. The van der Waals surface area contributed by atoms with Gasteiger partial charge in [-0.05, 0) is 49.7 Å². The zero-order valence-electron chi connectivity index (χ0n) is 14.0. The van der Waals surface area contributed by atoms with E-state index < -0.39 is 0 Å². The van der Waals surface area contributed by atoms with E-state index in [0.29, 0.717) is 28.8 Å². The van der Waals surface area contributed by atoms with Gasteiger partial charge in [0.15, 0.2) is 0 Å². The topological polar surface area (TPSA) is 48.4 Å². The molecule has 0 aliphatic rings. The van der Waals surface area contributed by atoms with Crippen molar-refractivity contribution in [3.63, 3.8) is 0 Å². The molecule has 0 aliphatic heterocycles. The summed E-state index contributed by atoms with van der Waals surface area (Å²) in [5.41, 5.74) is 1.77. The highest BCUT2D eigenvalue weighted by Gasteiger charge is 2.08. The molecule has 2 aromatic carbocycles. The smallest absolute Gasteiger partial charge is 0.219 e. The lowest BCUT2D eigenvalue weighted by Gasteiger charge is -2.12. The molecule has 0 aliphatic carbocycles. The molecule has 0 bridgehead atoms. The minimum absolute atomic E-state index is 0.0514. The van der Waals surface area contributed by atoms with Gasteiger partial charge in [0.05, 0.1) is 16.6 Å². The summed E-state index contributed by atoms with van der Waals surface area (Å²) >= 11 is 6.23. The van der Waals surface area contributed by atoms with E-state index in [1.54, 1.807) is 24.3 Å². The minimum atomic E-state index is 0.0514. The van der Waals surface area contributed by atoms with Crippen LogP contribution in [-0.2, 0) is 11.2 Å². The zero-order chi connectivity index (χ0) is 17.8. The van der Waals surface area contributed by atoms with Crippen LogP contribution in [0.5, 0.6) is 17.4 Å². The number of ether oxygens (including phenoxy) is 2. The summed E-state index contributed by atoms with van der Waals surface area (Å²) in [7, 11) is 0. The molecule has 1 aromatic heterocycles. The molecule has 0 saturated heterocycles. The lowest BCUT2D eigenvalue weighted by Crippen LogP contribution is -2.05. The van der Waals surface area contributed by atoms with Gasteiger partial charge in [-0.15, -0.1) is 0 Å². The van der Waals surface area contributed by atoms with Gasteiger partial charge in [-0.3, -0.25) is 0 Å². The molecule has 1 heterocycles. The largest absolute Gasteiger partial charge is 0.489 e. The van der Waals surface area contributed by atoms with Gasteiger partial charge >= 0.3 is 0 Å². The van der Waals surface area contributed by atoms with Crippen LogP contribution in [0.3, 0.4) is 0 Å². The minimum Gasteiger partial charge on any atom is -0.489 e. The Hall–Kier alpha value is -2.59. The molecular weight excluding hydrogens is 338 g/mol. The number of aldehydes is 1. The van der Waals surface area contributed by atoms with Crippen molar-refractivity contribution < 1.29 is 14.3 Å². The Bertz CT molecular complexity index is 909. The highest BCUT2D eigenvalue weighted by Crippen LogP contribution is 2.32. The van der Waals surface area contributed by atoms with E-state index in [-0.39, 0.29) is 6.10 Å². The summed E-state index contributed by atoms with van der Waals surface area (Å²) in [6.45, 7) is 3.89. The van der Waals surface area contributed by atoms with Crippen LogP contribution in [-0.4, -0.2) is 17.4 Å². The summed E-state index contributed by atoms with van der Waals surface area (Å²) in [6, 6.07) is 14.7. The second kappa shape index (κ2) is 7.53. The third-order valence-corrected chi connectivity index (χ3v) is 3.83. The van der Waals surface area contributed by atoms with Crippen molar-refractivity contribution in [2.75, 3.05) is 0 Å². The second-order valence-corrected chi connectivity index (χ2v) is 6.32. The van der Waals surface area contributed by atoms with Crippen molar-refractivity contribution in [2.24, 2.45) is 0 Å². The maximum Gasteiger partial charge on any atom is 0.219 e. The first kappa shape index (κ1) is 17.2. The second-order valence-electron chi connectivity index (χ2n) is 5.91. The summed E-state index contributed by atoms with van der Waals surface area (Å²) in [5.74, 6) is 1.69. The van der Waals surface area contributed by atoms with E-state index in [4.69, 9.17) is 21.1 Å². The van der Waals surface area contributed by atoms with Crippen LogP contribution in [0.25, 0.3) is 10.9 Å². The number of carbonyl (C=O) groups is 1. The van der Waals surface area contributed by atoms with E-state index in [1.165, 1.54) is 0 Å². The van der Waals surface area contributed by atoms with E-state index in [2.05, 4.69) is 4.98 Å². The summed E-state index contributed by atoms with van der Waals surface area (Å²) < 4.78 is 11.4. The van der Waals surface area contributed by atoms with Crippen LogP contribution in [0.15, 0.2) is 48.5 Å². The molecule has 0 radical (unpaired) electrons. The third-order valence-electron chi connectivity index (χ3n) is 3.54. The van der Waals surface area contributed by atoms with Crippen molar-refractivity contribution in [3.8, 4) is 17.4 Å². The molecule has 0 amide bonds. The van der Waals surface area contributed by atoms with Gasteiger partial charge in [0.2, 0.25) is 5.88 Å². The van der Waals surface area contributed by atoms with Crippen molar-refractivity contribution in [1.29, 1.82) is 0 Å². The number of benzene rings is 2. The zero-order valence-corrected chi connectivity index (χ0v) is 14.8. The molecule has 0 atom stereocenters. The van der Waals surface area contributed by atoms with Crippen molar-refractivity contribution in [3.05, 3.63) is 59.1 Å². The molecule has 0 spiro atoms. The average Bonchev–Trinajstić information content (AvgIpc) is 2.57. The van der Waals surface area contributed by atoms with Crippen LogP contribution in [0.1, 0.15) is 19.4 Å². The third kappa shape index (κ3) is 4.28. The Kier molecular flexibility index (Phi) is 5.19. The summed E-state index contributed by atoms with van der Waals surface area (Å²) in [5, 5.41) is 1.45. The van der Waals surface area contributed by atoms with Gasteiger partial charge in [0, 0.05) is 23.9 Å². The Morgan fingerprint density at radius 3 is 2.68 bits per heavy atom. The van der Waals surface area contributed by atoms with Crippen LogP contribution in [0, 0.1) is 0 Å².